The molecule has 1 aliphatic carbocycles. The second kappa shape index (κ2) is 14.0. The highest BCUT2D eigenvalue weighted by Crippen LogP contribution is 2.36. The number of piperazine rings is 1. The number of hydrogen-bond donors (Lipinski definition) is 1. The van der Waals surface area contributed by atoms with Crippen molar-refractivity contribution >= 4 is 35.1 Å². The molecule has 0 radical (unpaired) electrons. The number of anilines is 1. The average molecular weight is 660 g/mol. The lowest BCUT2D eigenvalue weighted by Crippen LogP contribution is -2.51. The van der Waals surface area contributed by atoms with Crippen molar-refractivity contribution in [1.29, 1.82) is 5.26 Å². The van der Waals surface area contributed by atoms with Gasteiger partial charge in [-0.3, -0.25) is 24.2 Å². The van der Waals surface area contributed by atoms with E-state index in [0.29, 0.717) is 73.0 Å². The van der Waals surface area contributed by atoms with Crippen LogP contribution in [0.2, 0.25) is 5.02 Å². The number of carbonyl (C=O) groups excluding carboxylic acids is 3. The first-order valence-corrected chi connectivity index (χ1v) is 16.2. The van der Waals surface area contributed by atoms with Gasteiger partial charge in [0.1, 0.15) is 17.6 Å². The van der Waals surface area contributed by atoms with Gasteiger partial charge in [0.2, 0.25) is 11.8 Å². The van der Waals surface area contributed by atoms with E-state index in [1.165, 1.54) is 11.0 Å². The summed E-state index contributed by atoms with van der Waals surface area (Å²) in [6, 6.07) is 15.1. The molecule has 1 atom stereocenters. The van der Waals surface area contributed by atoms with Gasteiger partial charge in [0.05, 0.1) is 22.6 Å². The van der Waals surface area contributed by atoms with Gasteiger partial charge in [-0.05, 0) is 68.0 Å². The van der Waals surface area contributed by atoms with Crippen LogP contribution in [0, 0.1) is 17.1 Å². The monoisotopic (exact) mass is 659 g/mol. The Hall–Kier alpha value is -4.60. The number of ether oxygens (including phenoxy) is 1. The Morgan fingerprint density at radius 1 is 1.00 bits per heavy atom. The number of aromatic nitrogens is 2. The van der Waals surface area contributed by atoms with Crippen LogP contribution in [0.5, 0.6) is 5.75 Å². The molecular formula is C34H35ClFN7O4. The van der Waals surface area contributed by atoms with Crippen LogP contribution in [-0.2, 0) is 16.1 Å². The van der Waals surface area contributed by atoms with E-state index in [2.05, 4.69) is 20.0 Å². The van der Waals surface area contributed by atoms with Crippen molar-refractivity contribution in [3.63, 3.8) is 0 Å². The molecule has 3 aliphatic rings. The summed E-state index contributed by atoms with van der Waals surface area (Å²) in [4.78, 5) is 43.6. The van der Waals surface area contributed by atoms with E-state index in [4.69, 9.17) is 27.3 Å². The van der Waals surface area contributed by atoms with Gasteiger partial charge >= 0.3 is 0 Å². The third-order valence-electron chi connectivity index (χ3n) is 9.27. The molecular weight excluding hydrogens is 625 g/mol. The molecule has 3 aromatic rings. The van der Waals surface area contributed by atoms with Gasteiger partial charge in [-0.2, -0.15) is 5.26 Å². The number of primary amides is 1. The van der Waals surface area contributed by atoms with Gasteiger partial charge in [0.15, 0.2) is 11.5 Å². The number of rotatable bonds is 8. The summed E-state index contributed by atoms with van der Waals surface area (Å²) in [6.07, 6.45) is 2.87. The molecule has 3 amide bonds. The van der Waals surface area contributed by atoms with Crippen molar-refractivity contribution in [3.05, 3.63) is 81.8 Å². The fourth-order valence-electron chi connectivity index (χ4n) is 6.72. The number of piperidine rings is 1. The van der Waals surface area contributed by atoms with Crippen LogP contribution in [0.1, 0.15) is 71.6 Å². The standard InChI is InChI=1S/C34H35ClFN7O4/c35-28-18-25(5-2-22(28)19-37)47-24-6-3-23(4-7-24)43-32(44)12-9-27(34(43)46)26-8-1-21(17-29(26)36)20-41-13-15-42(16-14-41)31-11-10-30(33(38)45)39-40-31/h1-2,5,8,10-11,17-18,23-24,27H,3-4,6-7,9,12-16,20H2,(H2,38,45). The van der Waals surface area contributed by atoms with Gasteiger partial charge in [-0.15, -0.1) is 10.2 Å². The van der Waals surface area contributed by atoms with E-state index in [1.807, 2.05) is 12.1 Å². The van der Waals surface area contributed by atoms with Crippen LogP contribution in [-0.4, -0.2) is 76.0 Å². The van der Waals surface area contributed by atoms with Gasteiger partial charge in [0, 0.05) is 56.8 Å². The predicted molar refractivity (Wildman–Crippen MR) is 171 cm³/mol. The first kappa shape index (κ1) is 32.3. The number of amides is 3. The quantitative estimate of drug-likeness (QED) is 0.352. The van der Waals surface area contributed by atoms with Crippen LogP contribution in [0.25, 0.3) is 0 Å². The SMILES string of the molecule is N#Cc1ccc(OC2CCC(N3C(=O)CCC(c4ccc(CN5CCN(c6ccc(C(N)=O)nn6)CC5)cc4F)C3=O)CC2)cc1Cl. The Labute approximate surface area is 277 Å². The second-order valence-corrected chi connectivity index (χ2v) is 12.7. The van der Waals surface area contributed by atoms with Crippen molar-refractivity contribution in [2.45, 2.75) is 63.1 Å². The molecule has 2 N–H and O–H groups in total. The van der Waals surface area contributed by atoms with Crippen LogP contribution < -0.4 is 15.4 Å². The molecule has 3 heterocycles. The summed E-state index contributed by atoms with van der Waals surface area (Å²) >= 11 is 6.14. The molecule has 2 aromatic carbocycles. The maximum Gasteiger partial charge on any atom is 0.269 e. The molecule has 2 aliphatic heterocycles. The number of nitrogens with zero attached hydrogens (tertiary/aromatic N) is 6. The van der Waals surface area contributed by atoms with Crippen LogP contribution in [0.3, 0.4) is 0 Å². The Balaban J connectivity index is 1.03. The number of benzene rings is 2. The largest absolute Gasteiger partial charge is 0.490 e. The first-order chi connectivity index (χ1) is 22.7. The summed E-state index contributed by atoms with van der Waals surface area (Å²) in [7, 11) is 0. The molecule has 47 heavy (non-hydrogen) atoms. The van der Waals surface area contributed by atoms with E-state index < -0.39 is 17.6 Å². The van der Waals surface area contributed by atoms with Crippen molar-refractivity contribution < 1.29 is 23.5 Å². The molecule has 2 saturated heterocycles. The molecule has 3 fully saturated rings. The minimum absolute atomic E-state index is 0.0995. The van der Waals surface area contributed by atoms with E-state index in [-0.39, 0.29) is 42.5 Å². The lowest BCUT2D eigenvalue weighted by molar-refractivity contribution is -0.153. The molecule has 0 bridgehead atoms. The summed E-state index contributed by atoms with van der Waals surface area (Å²) in [5.74, 6) is -1.06. The molecule has 1 saturated carbocycles. The maximum absolute atomic E-state index is 15.6. The van der Waals surface area contributed by atoms with Gasteiger partial charge in [-0.1, -0.05) is 23.7 Å². The maximum atomic E-state index is 15.6. The number of hydrogen-bond acceptors (Lipinski definition) is 9. The normalized spacial score (nSPS) is 22.2. The molecule has 6 rings (SSSR count). The second-order valence-electron chi connectivity index (χ2n) is 12.3. The summed E-state index contributed by atoms with van der Waals surface area (Å²) in [5.41, 5.74) is 6.88. The van der Waals surface area contributed by atoms with Crippen LogP contribution >= 0.6 is 11.6 Å². The molecule has 1 unspecified atom stereocenters. The number of likely N-dealkylation sites (tertiary alicyclic amines) is 1. The topological polar surface area (TPSA) is 146 Å². The van der Waals surface area contributed by atoms with Crippen molar-refractivity contribution in [2.24, 2.45) is 5.73 Å². The highest BCUT2D eigenvalue weighted by molar-refractivity contribution is 6.31. The van der Waals surface area contributed by atoms with E-state index in [9.17, 15) is 14.4 Å². The lowest BCUT2D eigenvalue weighted by atomic mass is 9.85. The number of carbonyl (C=O) groups is 3. The van der Waals surface area contributed by atoms with Crippen LogP contribution in [0.15, 0.2) is 48.5 Å². The van der Waals surface area contributed by atoms with E-state index in [0.717, 1.165) is 18.7 Å². The number of halogens is 2. The molecule has 244 valence electrons. The summed E-state index contributed by atoms with van der Waals surface area (Å²) < 4.78 is 21.6. The fraction of sp³-hybridized carbons (Fsp3) is 0.412. The highest BCUT2D eigenvalue weighted by atomic mass is 35.5. The Morgan fingerprint density at radius 3 is 2.40 bits per heavy atom. The Kier molecular flexibility index (Phi) is 9.66. The zero-order valence-electron chi connectivity index (χ0n) is 25.8. The lowest BCUT2D eigenvalue weighted by Gasteiger charge is -2.40. The van der Waals surface area contributed by atoms with Gasteiger partial charge < -0.3 is 15.4 Å². The zero-order valence-corrected chi connectivity index (χ0v) is 26.5. The summed E-state index contributed by atoms with van der Waals surface area (Å²) in [6.45, 7) is 3.41. The van der Waals surface area contributed by atoms with Gasteiger partial charge in [0.25, 0.3) is 5.91 Å². The van der Waals surface area contributed by atoms with E-state index >= 15 is 4.39 Å². The van der Waals surface area contributed by atoms with E-state index in [1.54, 1.807) is 36.4 Å². The third kappa shape index (κ3) is 7.21. The zero-order chi connectivity index (χ0) is 33.1. The summed E-state index contributed by atoms with van der Waals surface area (Å²) in [5, 5.41) is 17.4. The predicted octanol–water partition coefficient (Wildman–Crippen LogP) is 4.18. The highest BCUT2D eigenvalue weighted by Gasteiger charge is 2.41. The fourth-order valence-corrected chi connectivity index (χ4v) is 6.93. The average Bonchev–Trinajstić information content (AvgIpc) is 3.07. The molecule has 0 spiro atoms. The third-order valence-corrected chi connectivity index (χ3v) is 9.58. The van der Waals surface area contributed by atoms with Gasteiger partial charge in [-0.25, -0.2) is 4.39 Å². The first-order valence-electron chi connectivity index (χ1n) is 15.8. The van der Waals surface area contributed by atoms with Crippen LogP contribution in [0.4, 0.5) is 10.2 Å². The molecule has 13 heteroatoms. The minimum Gasteiger partial charge on any atom is -0.490 e. The van der Waals surface area contributed by atoms with Crippen molar-refractivity contribution in [3.8, 4) is 11.8 Å². The van der Waals surface area contributed by atoms with Crippen molar-refractivity contribution in [1.82, 2.24) is 20.0 Å². The minimum atomic E-state index is -0.706. The Morgan fingerprint density at radius 2 is 1.77 bits per heavy atom. The number of nitrogens with two attached hydrogens (primary N) is 1. The smallest absolute Gasteiger partial charge is 0.269 e. The Bertz CT molecular complexity index is 1700. The number of imide groups is 1. The number of nitriles is 1. The molecule has 1 aromatic heterocycles. The molecule has 11 nitrogen and oxygen atoms in total. The van der Waals surface area contributed by atoms with Crippen molar-refractivity contribution in [2.75, 3.05) is 31.1 Å².